The van der Waals surface area contributed by atoms with Crippen LogP contribution in [0.2, 0.25) is 0 Å². The maximum Gasteiger partial charge on any atom is 0.374 e. The van der Waals surface area contributed by atoms with Crippen LogP contribution in [0.15, 0.2) is 59.6 Å². The Bertz CT molecular complexity index is 1390. The van der Waals surface area contributed by atoms with Gasteiger partial charge in [0, 0.05) is 23.4 Å². The number of tetrazole rings is 1. The monoisotopic (exact) mass is 483 g/mol. The molecular formula is C27H29N7O2. The summed E-state index contributed by atoms with van der Waals surface area (Å²) in [5, 5.41) is 17.6. The molecule has 3 heterocycles. The summed E-state index contributed by atoms with van der Waals surface area (Å²) in [6.07, 6.45) is 1.96. The van der Waals surface area contributed by atoms with Crippen molar-refractivity contribution in [3.63, 3.8) is 0 Å². The number of amidine groups is 1. The summed E-state index contributed by atoms with van der Waals surface area (Å²) in [6.45, 7) is 6.96. The van der Waals surface area contributed by atoms with Crippen molar-refractivity contribution < 1.29 is 9.53 Å². The number of carbonyl (C=O) groups excluding carboxylic acids is 1. The molecule has 2 aromatic heterocycles. The number of benzene rings is 2. The summed E-state index contributed by atoms with van der Waals surface area (Å²) in [4.78, 5) is 16.9. The highest BCUT2D eigenvalue weighted by atomic mass is 16.5. The van der Waals surface area contributed by atoms with Crippen LogP contribution in [0.1, 0.15) is 50.1 Å². The maximum atomic E-state index is 12.4. The fraction of sp³-hybridized carbons (Fsp3) is 0.296. The van der Waals surface area contributed by atoms with Crippen molar-refractivity contribution in [1.29, 1.82) is 0 Å². The number of aliphatic imine (C=N–C) groups is 1. The molecule has 1 atom stereocenters. The predicted octanol–water partition coefficient (Wildman–Crippen LogP) is 4.78. The number of hydrogen-bond acceptors (Lipinski definition) is 7. The number of rotatable bonds is 8. The van der Waals surface area contributed by atoms with E-state index in [-0.39, 0.29) is 11.9 Å². The molecule has 2 N–H and O–H groups in total. The first kappa shape index (κ1) is 23.5. The average molecular weight is 484 g/mol. The molecule has 1 unspecified atom stereocenters. The van der Waals surface area contributed by atoms with Crippen LogP contribution in [0.4, 0.5) is 5.82 Å². The van der Waals surface area contributed by atoms with Crippen LogP contribution in [-0.2, 0) is 22.5 Å². The molecule has 36 heavy (non-hydrogen) atoms. The summed E-state index contributed by atoms with van der Waals surface area (Å²) in [7, 11) is 0. The minimum absolute atomic E-state index is 0.123. The van der Waals surface area contributed by atoms with E-state index in [0.29, 0.717) is 19.0 Å². The van der Waals surface area contributed by atoms with E-state index in [2.05, 4.69) is 78.8 Å². The number of esters is 1. The van der Waals surface area contributed by atoms with Gasteiger partial charge in [-0.3, -0.25) is 4.99 Å². The molecule has 0 amide bonds. The van der Waals surface area contributed by atoms with E-state index in [1.54, 1.807) is 6.92 Å². The van der Waals surface area contributed by atoms with Gasteiger partial charge in [0.1, 0.15) is 5.82 Å². The number of aromatic nitrogens is 5. The summed E-state index contributed by atoms with van der Waals surface area (Å²) in [5.41, 5.74) is 6.55. The Labute approximate surface area is 209 Å². The Morgan fingerprint density at radius 3 is 2.56 bits per heavy atom. The number of nitrogens with zero attached hydrogens (tertiary/aromatic N) is 5. The van der Waals surface area contributed by atoms with Gasteiger partial charge in [0.15, 0.2) is 5.82 Å². The molecule has 0 saturated carbocycles. The Balaban J connectivity index is 1.45. The fourth-order valence-corrected chi connectivity index (χ4v) is 4.62. The molecule has 0 spiro atoms. The molecule has 9 heteroatoms. The minimum Gasteiger partial charge on any atom is -0.460 e. The number of fused-ring (bicyclic) bond motifs is 1. The van der Waals surface area contributed by atoms with Crippen LogP contribution in [0, 0.1) is 0 Å². The zero-order valence-electron chi connectivity index (χ0n) is 20.7. The third kappa shape index (κ3) is 4.51. The number of aromatic amines is 1. The van der Waals surface area contributed by atoms with Crippen molar-refractivity contribution in [2.75, 3.05) is 11.9 Å². The topological polar surface area (TPSA) is 110 Å². The Morgan fingerprint density at radius 2 is 1.86 bits per heavy atom. The van der Waals surface area contributed by atoms with E-state index in [9.17, 15) is 4.79 Å². The highest BCUT2D eigenvalue weighted by Crippen LogP contribution is 2.35. The second-order valence-corrected chi connectivity index (χ2v) is 8.77. The highest BCUT2D eigenvalue weighted by molar-refractivity contribution is 6.40. The second-order valence-electron chi connectivity index (χ2n) is 8.77. The average Bonchev–Trinajstić information content (AvgIpc) is 3.54. The van der Waals surface area contributed by atoms with Crippen molar-refractivity contribution in [2.45, 2.75) is 46.2 Å². The van der Waals surface area contributed by atoms with Crippen LogP contribution in [-0.4, -0.2) is 43.6 Å². The lowest BCUT2D eigenvalue weighted by Crippen LogP contribution is -2.30. The van der Waals surface area contributed by atoms with Crippen LogP contribution in [0.5, 0.6) is 0 Å². The van der Waals surface area contributed by atoms with E-state index in [4.69, 9.17) is 4.74 Å². The number of H-pyrrole nitrogens is 1. The van der Waals surface area contributed by atoms with E-state index < -0.39 is 5.97 Å². The van der Waals surface area contributed by atoms with Gasteiger partial charge in [-0.15, -0.1) is 5.10 Å². The third-order valence-corrected chi connectivity index (χ3v) is 6.33. The first-order valence-electron chi connectivity index (χ1n) is 12.3. The molecule has 1 aliphatic rings. The Kier molecular flexibility index (Phi) is 6.62. The van der Waals surface area contributed by atoms with Crippen molar-refractivity contribution in [2.24, 2.45) is 4.99 Å². The lowest BCUT2D eigenvalue weighted by atomic mass is 9.98. The molecule has 0 aliphatic carbocycles. The second kappa shape index (κ2) is 10.2. The molecule has 0 saturated heterocycles. The van der Waals surface area contributed by atoms with Gasteiger partial charge in [0.25, 0.3) is 0 Å². The van der Waals surface area contributed by atoms with Gasteiger partial charge in [-0.1, -0.05) is 61.9 Å². The summed E-state index contributed by atoms with van der Waals surface area (Å²) < 4.78 is 7.45. The zero-order valence-corrected chi connectivity index (χ0v) is 20.7. The predicted molar refractivity (Wildman–Crippen MR) is 139 cm³/mol. The summed E-state index contributed by atoms with van der Waals surface area (Å²) in [5.74, 6) is 1.38. The van der Waals surface area contributed by atoms with E-state index in [0.717, 1.165) is 46.5 Å². The largest absolute Gasteiger partial charge is 0.460 e. The van der Waals surface area contributed by atoms with Crippen molar-refractivity contribution in [1.82, 2.24) is 25.2 Å². The van der Waals surface area contributed by atoms with Crippen molar-refractivity contribution >= 4 is 17.6 Å². The van der Waals surface area contributed by atoms with Gasteiger partial charge in [0.2, 0.25) is 5.84 Å². The first-order valence-corrected chi connectivity index (χ1v) is 12.3. The highest BCUT2D eigenvalue weighted by Gasteiger charge is 2.28. The molecule has 2 aromatic carbocycles. The number of anilines is 1. The molecule has 1 aliphatic heterocycles. The van der Waals surface area contributed by atoms with Gasteiger partial charge < -0.3 is 14.6 Å². The number of hydrogen-bond donors (Lipinski definition) is 2. The quantitative estimate of drug-likeness (QED) is 0.349. The van der Waals surface area contributed by atoms with Crippen molar-refractivity contribution in [3.05, 3.63) is 71.4 Å². The summed E-state index contributed by atoms with van der Waals surface area (Å²) >= 11 is 0. The number of aryl methyl sites for hydroxylation is 1. The molecule has 0 radical (unpaired) electrons. The molecule has 184 valence electrons. The van der Waals surface area contributed by atoms with Gasteiger partial charge in [-0.2, -0.15) is 0 Å². The van der Waals surface area contributed by atoms with Gasteiger partial charge in [-0.25, -0.2) is 9.89 Å². The van der Waals surface area contributed by atoms with Gasteiger partial charge >= 0.3 is 5.97 Å². The molecular weight excluding hydrogens is 454 g/mol. The molecule has 0 bridgehead atoms. The molecule has 4 aromatic rings. The number of carbonyl (C=O) groups is 1. The van der Waals surface area contributed by atoms with E-state index >= 15 is 0 Å². The minimum atomic E-state index is -0.426. The summed E-state index contributed by atoms with van der Waals surface area (Å²) in [6, 6.07) is 18.7. The smallest absolute Gasteiger partial charge is 0.374 e. The van der Waals surface area contributed by atoms with E-state index in [1.807, 2.05) is 25.1 Å². The Hall–Kier alpha value is -4.27. The molecule has 0 fully saturated rings. The first-order chi connectivity index (χ1) is 17.6. The SMILES string of the molecule is CCCc1cc2c(n1Cc1ccc(-c3ccccc3-c3nnn[nH]3)cc1)NC(C(=O)OCC)=NC2C. The third-order valence-electron chi connectivity index (χ3n) is 6.33. The number of ether oxygens (including phenoxy) is 1. The molecule has 5 rings (SSSR count). The molecule has 9 nitrogen and oxygen atoms in total. The van der Waals surface area contributed by atoms with Gasteiger partial charge in [0.05, 0.1) is 12.6 Å². The van der Waals surface area contributed by atoms with Crippen LogP contribution < -0.4 is 5.32 Å². The van der Waals surface area contributed by atoms with Crippen LogP contribution >= 0.6 is 0 Å². The standard InChI is InChI=1S/C27H29N7O2/c1-4-8-20-15-23-17(3)28-25(27(35)36-5-2)29-26(23)34(20)16-18-11-13-19(14-12-18)21-9-6-7-10-22(21)24-30-32-33-31-24/h6-7,9-15,17H,4-5,8,16H2,1-3H3,(H,28,29)(H,30,31,32,33). The van der Waals surface area contributed by atoms with Crippen LogP contribution in [0.3, 0.4) is 0 Å². The zero-order chi connectivity index (χ0) is 25.1. The van der Waals surface area contributed by atoms with Crippen LogP contribution in [0.25, 0.3) is 22.5 Å². The van der Waals surface area contributed by atoms with E-state index in [1.165, 1.54) is 5.69 Å². The lowest BCUT2D eigenvalue weighted by Gasteiger charge is -2.22. The normalized spacial score (nSPS) is 14.6. The fourth-order valence-electron chi connectivity index (χ4n) is 4.62. The van der Waals surface area contributed by atoms with Crippen molar-refractivity contribution in [3.8, 4) is 22.5 Å². The lowest BCUT2D eigenvalue weighted by molar-refractivity contribution is -0.135. The van der Waals surface area contributed by atoms with Gasteiger partial charge in [-0.05, 0) is 53.5 Å². The number of nitrogens with one attached hydrogen (secondary N) is 2. The Morgan fingerprint density at radius 1 is 1.08 bits per heavy atom. The maximum absolute atomic E-state index is 12.4.